The Hall–Kier alpha value is -3.73. The Bertz CT molecular complexity index is 1300. The second kappa shape index (κ2) is 9.73. The molecule has 4 heterocycles. The lowest BCUT2D eigenvalue weighted by Crippen LogP contribution is -2.54. The normalized spacial score (nSPS) is 18.6. The topological polar surface area (TPSA) is 94.1 Å². The number of fused-ring (bicyclic) bond motifs is 1. The molecule has 0 saturated carbocycles. The summed E-state index contributed by atoms with van der Waals surface area (Å²) in [6, 6.07) is 3.75. The zero-order valence-corrected chi connectivity index (χ0v) is 20.2. The van der Waals surface area contributed by atoms with Gasteiger partial charge in [0.1, 0.15) is 17.5 Å². The van der Waals surface area contributed by atoms with Gasteiger partial charge in [0.2, 0.25) is 0 Å². The maximum absolute atomic E-state index is 15.1. The molecule has 0 radical (unpaired) electrons. The number of aromatic nitrogens is 2. The molecule has 2 aliphatic heterocycles. The third-order valence-electron chi connectivity index (χ3n) is 6.76. The summed E-state index contributed by atoms with van der Waals surface area (Å²) in [6.07, 6.45) is 2.47. The van der Waals surface area contributed by atoms with E-state index in [-0.39, 0.29) is 16.9 Å². The first-order valence-corrected chi connectivity index (χ1v) is 11.9. The van der Waals surface area contributed by atoms with Crippen molar-refractivity contribution in [2.75, 3.05) is 61.1 Å². The minimum absolute atomic E-state index is 0.182. The monoisotopic (exact) mass is 498 g/mol. The Kier molecular flexibility index (Phi) is 6.48. The highest BCUT2D eigenvalue weighted by atomic mass is 19.1. The third kappa shape index (κ3) is 4.58. The molecule has 9 nitrogen and oxygen atoms in total. The number of hydrogen-bond donors (Lipinski definition) is 2. The van der Waals surface area contributed by atoms with E-state index in [1.807, 2.05) is 24.8 Å². The van der Waals surface area contributed by atoms with E-state index in [0.29, 0.717) is 55.6 Å². The number of hydrogen-bond acceptors (Lipinski definition) is 7. The second-order valence-corrected chi connectivity index (χ2v) is 9.14. The summed E-state index contributed by atoms with van der Waals surface area (Å²) in [5, 5.41) is 12.9. The molecule has 5 rings (SSSR count). The van der Waals surface area contributed by atoms with Gasteiger partial charge in [0.25, 0.3) is 0 Å². The third-order valence-corrected chi connectivity index (χ3v) is 6.76. The van der Waals surface area contributed by atoms with E-state index in [2.05, 4.69) is 20.2 Å². The van der Waals surface area contributed by atoms with Crippen molar-refractivity contribution in [3.63, 3.8) is 0 Å². The number of pyridine rings is 2. The van der Waals surface area contributed by atoms with Gasteiger partial charge in [-0.3, -0.25) is 4.98 Å². The molecular weight excluding hydrogens is 470 g/mol. The van der Waals surface area contributed by atoms with Crippen molar-refractivity contribution in [2.24, 2.45) is 0 Å². The molecule has 3 aromatic rings. The highest BCUT2D eigenvalue weighted by Crippen LogP contribution is 2.37. The second-order valence-electron chi connectivity index (χ2n) is 9.14. The fourth-order valence-electron chi connectivity index (χ4n) is 4.93. The molecule has 2 aromatic heterocycles. The van der Waals surface area contributed by atoms with Crippen LogP contribution in [0.4, 0.5) is 36.5 Å². The summed E-state index contributed by atoms with van der Waals surface area (Å²) in [4.78, 5) is 26.0. The van der Waals surface area contributed by atoms with Crippen LogP contribution in [0.15, 0.2) is 30.6 Å². The number of rotatable bonds is 4. The molecule has 2 N–H and O–H groups in total. The standard InChI is InChI=1S/C25H28F2N6O3/c1-15-14-32(3-4-33(15)25(34)35)24-16(2)23(22-20(27)9-17(26)10-21(22)30-24)29-18-11-19(13-28-12-18)31-5-7-36-8-6-31/h9-13,15H,3-8,14H2,1-2H3,(H,29,30)(H,34,35)/t15-/m0/s1. The number of piperazine rings is 1. The van der Waals surface area contributed by atoms with Crippen molar-refractivity contribution in [3.8, 4) is 0 Å². The summed E-state index contributed by atoms with van der Waals surface area (Å²) in [5.41, 5.74) is 2.92. The summed E-state index contributed by atoms with van der Waals surface area (Å²) >= 11 is 0. The number of ether oxygens (including phenoxy) is 1. The van der Waals surface area contributed by atoms with Crippen molar-refractivity contribution in [2.45, 2.75) is 19.9 Å². The van der Waals surface area contributed by atoms with Crippen molar-refractivity contribution in [3.05, 3.63) is 47.8 Å². The molecule has 2 fully saturated rings. The average molecular weight is 499 g/mol. The molecular formula is C25H28F2N6O3. The van der Waals surface area contributed by atoms with Crippen LogP contribution in [-0.2, 0) is 4.74 Å². The summed E-state index contributed by atoms with van der Waals surface area (Å²) in [5.74, 6) is -0.867. The van der Waals surface area contributed by atoms with Crippen LogP contribution in [0.3, 0.4) is 0 Å². The molecule has 0 bridgehead atoms. The first-order chi connectivity index (χ1) is 17.3. The van der Waals surface area contributed by atoms with Gasteiger partial charge in [0, 0.05) is 56.5 Å². The number of carbonyl (C=O) groups is 1. The van der Waals surface area contributed by atoms with Crippen LogP contribution in [0.5, 0.6) is 0 Å². The van der Waals surface area contributed by atoms with E-state index in [1.54, 1.807) is 12.4 Å². The number of anilines is 4. The van der Waals surface area contributed by atoms with Crippen molar-refractivity contribution >= 4 is 39.9 Å². The van der Waals surface area contributed by atoms with Gasteiger partial charge in [-0.15, -0.1) is 0 Å². The fourth-order valence-corrected chi connectivity index (χ4v) is 4.93. The van der Waals surface area contributed by atoms with Crippen LogP contribution in [0.1, 0.15) is 12.5 Å². The van der Waals surface area contributed by atoms with E-state index < -0.39 is 17.7 Å². The van der Waals surface area contributed by atoms with Crippen LogP contribution < -0.4 is 15.1 Å². The van der Waals surface area contributed by atoms with Crippen LogP contribution in [0, 0.1) is 18.6 Å². The van der Waals surface area contributed by atoms with Gasteiger partial charge < -0.3 is 29.9 Å². The van der Waals surface area contributed by atoms with Gasteiger partial charge in [-0.2, -0.15) is 0 Å². The molecule has 1 amide bonds. The fraction of sp³-hybridized carbons (Fsp3) is 0.400. The number of halogens is 2. The van der Waals surface area contributed by atoms with Gasteiger partial charge in [0.15, 0.2) is 0 Å². The largest absolute Gasteiger partial charge is 0.465 e. The average Bonchev–Trinajstić information content (AvgIpc) is 2.86. The van der Waals surface area contributed by atoms with Crippen LogP contribution in [-0.4, -0.2) is 78.0 Å². The molecule has 36 heavy (non-hydrogen) atoms. The van der Waals surface area contributed by atoms with E-state index in [0.717, 1.165) is 24.8 Å². The summed E-state index contributed by atoms with van der Waals surface area (Å²) in [6.45, 7) is 7.58. The van der Waals surface area contributed by atoms with Gasteiger partial charge in [-0.1, -0.05) is 0 Å². The highest BCUT2D eigenvalue weighted by Gasteiger charge is 2.30. The molecule has 0 unspecified atom stereocenters. The maximum Gasteiger partial charge on any atom is 0.407 e. The summed E-state index contributed by atoms with van der Waals surface area (Å²) in [7, 11) is 0. The predicted molar refractivity (Wildman–Crippen MR) is 133 cm³/mol. The Labute approximate surface area is 207 Å². The molecule has 1 atom stereocenters. The quantitative estimate of drug-likeness (QED) is 0.558. The van der Waals surface area contributed by atoms with Crippen LogP contribution in [0.2, 0.25) is 0 Å². The smallest absolute Gasteiger partial charge is 0.407 e. The van der Waals surface area contributed by atoms with E-state index >= 15 is 4.39 Å². The van der Waals surface area contributed by atoms with E-state index in [9.17, 15) is 14.3 Å². The Morgan fingerprint density at radius 2 is 1.89 bits per heavy atom. The van der Waals surface area contributed by atoms with Crippen molar-refractivity contribution in [1.29, 1.82) is 0 Å². The number of amides is 1. The molecule has 2 saturated heterocycles. The lowest BCUT2D eigenvalue weighted by atomic mass is 10.1. The van der Waals surface area contributed by atoms with E-state index in [4.69, 9.17) is 4.74 Å². The Balaban J connectivity index is 1.55. The highest BCUT2D eigenvalue weighted by molar-refractivity contribution is 5.97. The van der Waals surface area contributed by atoms with Gasteiger partial charge in [0.05, 0.1) is 53.6 Å². The van der Waals surface area contributed by atoms with Crippen molar-refractivity contribution in [1.82, 2.24) is 14.9 Å². The van der Waals surface area contributed by atoms with Gasteiger partial charge >= 0.3 is 6.09 Å². The number of morpholine rings is 1. The van der Waals surface area contributed by atoms with Crippen LogP contribution in [0.25, 0.3) is 10.9 Å². The zero-order valence-electron chi connectivity index (χ0n) is 20.2. The predicted octanol–water partition coefficient (Wildman–Crippen LogP) is 3.99. The Morgan fingerprint density at radius 3 is 2.61 bits per heavy atom. The number of benzene rings is 1. The zero-order chi connectivity index (χ0) is 25.4. The number of nitrogens with one attached hydrogen (secondary N) is 1. The SMILES string of the molecule is Cc1c(N2CCN(C(=O)O)[C@@H](C)C2)nc2cc(F)cc(F)c2c1Nc1cncc(N2CCOCC2)c1. The lowest BCUT2D eigenvalue weighted by Gasteiger charge is -2.39. The number of carboxylic acid groups (broad SMARTS) is 1. The van der Waals surface area contributed by atoms with E-state index in [1.165, 1.54) is 11.0 Å². The molecule has 0 aliphatic carbocycles. The maximum atomic E-state index is 15.1. The molecule has 1 aromatic carbocycles. The van der Waals surface area contributed by atoms with Gasteiger partial charge in [-0.25, -0.2) is 18.6 Å². The van der Waals surface area contributed by atoms with Crippen molar-refractivity contribution < 1.29 is 23.4 Å². The molecule has 190 valence electrons. The molecule has 11 heteroatoms. The minimum atomic E-state index is -0.968. The van der Waals surface area contributed by atoms with Crippen LogP contribution >= 0.6 is 0 Å². The molecule has 2 aliphatic rings. The minimum Gasteiger partial charge on any atom is -0.465 e. The van der Waals surface area contributed by atoms with Gasteiger partial charge in [-0.05, 0) is 19.9 Å². The Morgan fingerprint density at radius 1 is 1.11 bits per heavy atom. The number of nitrogens with zero attached hydrogens (tertiary/aromatic N) is 5. The summed E-state index contributed by atoms with van der Waals surface area (Å²) < 4.78 is 34.7. The first-order valence-electron chi connectivity index (χ1n) is 11.9. The molecule has 0 spiro atoms. The first kappa shape index (κ1) is 24.0. The lowest BCUT2D eigenvalue weighted by molar-refractivity contribution is 0.122.